The highest BCUT2D eigenvalue weighted by molar-refractivity contribution is 5.76. The molecule has 1 aromatic rings. The maximum atomic E-state index is 12.0. The number of rotatable bonds is 2. The summed E-state index contributed by atoms with van der Waals surface area (Å²) < 4.78 is 6.52. The van der Waals surface area contributed by atoms with Crippen LogP contribution in [0.25, 0.3) is 0 Å². The predicted octanol–water partition coefficient (Wildman–Crippen LogP) is -0.402. The zero-order chi connectivity index (χ0) is 13.1. The lowest BCUT2D eigenvalue weighted by Crippen LogP contribution is -2.43. The predicted molar refractivity (Wildman–Crippen MR) is 67.3 cm³/mol. The molecule has 0 bridgehead atoms. The Bertz CT molecular complexity index is 504. The van der Waals surface area contributed by atoms with Crippen molar-refractivity contribution in [1.29, 1.82) is 0 Å². The first-order valence-corrected chi connectivity index (χ1v) is 5.90. The summed E-state index contributed by atoms with van der Waals surface area (Å²) in [4.78, 5) is 25.4. The third-order valence-corrected chi connectivity index (χ3v) is 3.04. The molecule has 98 valence electrons. The van der Waals surface area contributed by atoms with E-state index in [2.05, 4.69) is 0 Å². The largest absolute Gasteiger partial charge is 0.397 e. The highest BCUT2D eigenvalue weighted by Crippen LogP contribution is 2.06. The highest BCUT2D eigenvalue weighted by atomic mass is 16.5. The Balaban J connectivity index is 2.11. The van der Waals surface area contributed by atoms with Crippen molar-refractivity contribution in [2.75, 3.05) is 32.0 Å². The SMILES string of the molecule is Cc1cc(=O)n(CC(=O)N2CCOCC2)cc1N. The summed E-state index contributed by atoms with van der Waals surface area (Å²) in [5.74, 6) is -0.0800. The van der Waals surface area contributed by atoms with E-state index >= 15 is 0 Å². The highest BCUT2D eigenvalue weighted by Gasteiger charge is 2.17. The van der Waals surface area contributed by atoms with Gasteiger partial charge in [0, 0.05) is 25.4 Å². The van der Waals surface area contributed by atoms with Crippen molar-refractivity contribution in [3.63, 3.8) is 0 Å². The number of amides is 1. The number of aryl methyl sites for hydroxylation is 1. The second kappa shape index (κ2) is 5.22. The van der Waals surface area contributed by atoms with Crippen LogP contribution >= 0.6 is 0 Å². The van der Waals surface area contributed by atoms with Gasteiger partial charge in [-0.15, -0.1) is 0 Å². The molecule has 0 aliphatic carbocycles. The molecular formula is C12H17N3O3. The van der Waals surface area contributed by atoms with Crippen molar-refractivity contribution >= 4 is 11.6 Å². The molecule has 1 fully saturated rings. The second-order valence-corrected chi connectivity index (χ2v) is 4.37. The molecule has 2 heterocycles. The minimum atomic E-state index is -0.205. The van der Waals surface area contributed by atoms with E-state index in [0.717, 1.165) is 5.56 Å². The third-order valence-electron chi connectivity index (χ3n) is 3.04. The van der Waals surface area contributed by atoms with Crippen LogP contribution in [0.4, 0.5) is 5.69 Å². The van der Waals surface area contributed by atoms with Gasteiger partial charge >= 0.3 is 0 Å². The molecular weight excluding hydrogens is 234 g/mol. The zero-order valence-electron chi connectivity index (χ0n) is 10.4. The molecule has 0 unspecified atom stereocenters. The molecule has 1 aliphatic heterocycles. The fraction of sp³-hybridized carbons (Fsp3) is 0.500. The summed E-state index contributed by atoms with van der Waals surface area (Å²) in [6.07, 6.45) is 1.52. The Morgan fingerprint density at radius 3 is 2.78 bits per heavy atom. The second-order valence-electron chi connectivity index (χ2n) is 4.37. The zero-order valence-corrected chi connectivity index (χ0v) is 10.4. The van der Waals surface area contributed by atoms with Gasteiger partial charge in [-0.25, -0.2) is 0 Å². The van der Waals surface area contributed by atoms with Crippen molar-refractivity contribution in [3.8, 4) is 0 Å². The van der Waals surface area contributed by atoms with Crippen molar-refractivity contribution in [2.24, 2.45) is 0 Å². The van der Waals surface area contributed by atoms with E-state index in [9.17, 15) is 9.59 Å². The number of ether oxygens (including phenoxy) is 1. The van der Waals surface area contributed by atoms with E-state index in [1.807, 2.05) is 0 Å². The first-order valence-electron chi connectivity index (χ1n) is 5.90. The van der Waals surface area contributed by atoms with Gasteiger partial charge in [0.05, 0.1) is 18.9 Å². The van der Waals surface area contributed by atoms with Crippen LogP contribution in [-0.4, -0.2) is 41.7 Å². The summed E-state index contributed by atoms with van der Waals surface area (Å²) in [5, 5.41) is 0. The van der Waals surface area contributed by atoms with Gasteiger partial charge < -0.3 is 19.9 Å². The van der Waals surface area contributed by atoms with E-state index < -0.39 is 0 Å². The summed E-state index contributed by atoms with van der Waals surface area (Å²) in [6, 6.07) is 1.45. The standard InChI is InChI=1S/C12H17N3O3/c1-9-6-11(16)15(7-10(9)13)8-12(17)14-2-4-18-5-3-14/h6-7H,2-5,8,13H2,1H3. The lowest BCUT2D eigenvalue weighted by molar-refractivity contribution is -0.135. The molecule has 0 radical (unpaired) electrons. The molecule has 2 rings (SSSR count). The van der Waals surface area contributed by atoms with Gasteiger partial charge in [-0.3, -0.25) is 9.59 Å². The monoisotopic (exact) mass is 251 g/mol. The van der Waals surface area contributed by atoms with Crippen molar-refractivity contribution in [1.82, 2.24) is 9.47 Å². The van der Waals surface area contributed by atoms with Crippen molar-refractivity contribution < 1.29 is 9.53 Å². The molecule has 0 spiro atoms. The molecule has 1 amide bonds. The van der Waals surface area contributed by atoms with E-state index in [0.29, 0.717) is 32.0 Å². The van der Waals surface area contributed by atoms with Gasteiger partial charge in [0.15, 0.2) is 0 Å². The fourth-order valence-electron chi connectivity index (χ4n) is 1.87. The first kappa shape index (κ1) is 12.6. The first-order chi connectivity index (χ1) is 8.58. The van der Waals surface area contributed by atoms with E-state index in [1.54, 1.807) is 11.8 Å². The summed E-state index contributed by atoms with van der Waals surface area (Å²) >= 11 is 0. The van der Waals surface area contributed by atoms with Gasteiger partial charge in [-0.05, 0) is 12.5 Å². The van der Waals surface area contributed by atoms with E-state index in [4.69, 9.17) is 10.5 Å². The molecule has 1 saturated heterocycles. The maximum Gasteiger partial charge on any atom is 0.251 e. The Hall–Kier alpha value is -1.82. The number of carbonyl (C=O) groups is 1. The number of hydrogen-bond donors (Lipinski definition) is 1. The van der Waals surface area contributed by atoms with Gasteiger partial charge in [0.25, 0.3) is 5.56 Å². The molecule has 1 aliphatic rings. The number of hydrogen-bond acceptors (Lipinski definition) is 4. The van der Waals surface area contributed by atoms with Crippen LogP contribution < -0.4 is 11.3 Å². The normalized spacial score (nSPS) is 15.7. The Labute approximate surface area is 105 Å². The minimum absolute atomic E-state index is 0.0311. The molecule has 18 heavy (non-hydrogen) atoms. The number of anilines is 1. The van der Waals surface area contributed by atoms with Crippen LogP contribution in [0.1, 0.15) is 5.56 Å². The number of carbonyl (C=O) groups excluding carboxylic acids is 1. The molecule has 1 aromatic heterocycles. The van der Waals surface area contributed by atoms with Crippen LogP contribution in [0.2, 0.25) is 0 Å². The van der Waals surface area contributed by atoms with Crippen LogP contribution in [0.15, 0.2) is 17.1 Å². The van der Waals surface area contributed by atoms with Gasteiger partial charge in [-0.2, -0.15) is 0 Å². The van der Waals surface area contributed by atoms with Crippen LogP contribution in [0.5, 0.6) is 0 Å². The minimum Gasteiger partial charge on any atom is -0.397 e. The number of nitrogens with two attached hydrogens (primary N) is 1. The number of nitrogens with zero attached hydrogens (tertiary/aromatic N) is 2. The van der Waals surface area contributed by atoms with E-state index in [-0.39, 0.29) is 18.0 Å². The van der Waals surface area contributed by atoms with Crippen LogP contribution in [-0.2, 0) is 16.1 Å². The number of nitrogen functional groups attached to an aromatic ring is 1. The molecule has 0 aromatic carbocycles. The molecule has 0 saturated carbocycles. The van der Waals surface area contributed by atoms with Gasteiger partial charge in [0.2, 0.25) is 5.91 Å². The van der Waals surface area contributed by atoms with Crippen molar-refractivity contribution in [3.05, 3.63) is 28.2 Å². The van der Waals surface area contributed by atoms with Gasteiger partial charge in [0.1, 0.15) is 6.54 Å². The molecule has 2 N–H and O–H groups in total. The van der Waals surface area contributed by atoms with Crippen LogP contribution in [0.3, 0.4) is 0 Å². The lowest BCUT2D eigenvalue weighted by atomic mass is 10.2. The smallest absolute Gasteiger partial charge is 0.251 e. The number of aromatic nitrogens is 1. The lowest BCUT2D eigenvalue weighted by Gasteiger charge is -2.27. The van der Waals surface area contributed by atoms with Crippen LogP contribution in [0, 0.1) is 6.92 Å². The Morgan fingerprint density at radius 2 is 2.11 bits per heavy atom. The molecule has 6 nitrogen and oxygen atoms in total. The van der Waals surface area contributed by atoms with E-state index in [1.165, 1.54) is 16.8 Å². The molecule has 6 heteroatoms. The molecule has 0 atom stereocenters. The summed E-state index contributed by atoms with van der Waals surface area (Å²) in [7, 11) is 0. The fourth-order valence-corrected chi connectivity index (χ4v) is 1.87. The van der Waals surface area contributed by atoms with Gasteiger partial charge in [-0.1, -0.05) is 0 Å². The summed E-state index contributed by atoms with van der Waals surface area (Å²) in [6.45, 7) is 4.06. The average Bonchev–Trinajstić information content (AvgIpc) is 2.37. The third kappa shape index (κ3) is 2.70. The Morgan fingerprint density at radius 1 is 1.44 bits per heavy atom. The topological polar surface area (TPSA) is 77.6 Å². The number of pyridine rings is 1. The Kier molecular flexibility index (Phi) is 3.66. The van der Waals surface area contributed by atoms with Crippen molar-refractivity contribution in [2.45, 2.75) is 13.5 Å². The quantitative estimate of drug-likeness (QED) is 0.775. The maximum absolute atomic E-state index is 12.0. The number of morpholine rings is 1. The summed E-state index contributed by atoms with van der Waals surface area (Å²) in [5.41, 5.74) is 6.78. The average molecular weight is 251 g/mol.